The molecule has 0 bridgehead atoms. The Balaban J connectivity index is 2.23. The molecule has 2 aromatic heterocycles. The summed E-state index contributed by atoms with van der Waals surface area (Å²) in [7, 11) is 0. The summed E-state index contributed by atoms with van der Waals surface area (Å²) in [5.74, 6) is -0.219. The molecular formula is C11H12ClN3O. The third-order valence-electron chi connectivity index (χ3n) is 2.33. The number of halogens is 1. The van der Waals surface area contributed by atoms with Crippen molar-refractivity contribution in [3.8, 4) is 0 Å². The maximum atomic E-state index is 11.1. The van der Waals surface area contributed by atoms with E-state index in [-0.39, 0.29) is 17.8 Å². The van der Waals surface area contributed by atoms with Crippen LogP contribution >= 0.6 is 11.6 Å². The molecule has 0 spiro atoms. The number of rotatable bonds is 3. The minimum Gasteiger partial charge on any atom is -0.347 e. The van der Waals surface area contributed by atoms with Crippen LogP contribution in [0.4, 0.5) is 0 Å². The summed E-state index contributed by atoms with van der Waals surface area (Å²) in [4.78, 5) is 15.5. The summed E-state index contributed by atoms with van der Waals surface area (Å²) in [6.45, 7) is 1.88. The summed E-state index contributed by atoms with van der Waals surface area (Å²) in [5.41, 5.74) is 1.69. The van der Waals surface area contributed by atoms with E-state index in [1.165, 1.54) is 0 Å². The van der Waals surface area contributed by atoms with Crippen LogP contribution in [-0.2, 0) is 4.79 Å². The van der Waals surface area contributed by atoms with Gasteiger partial charge in [-0.1, -0.05) is 6.07 Å². The molecule has 0 aliphatic carbocycles. The summed E-state index contributed by atoms with van der Waals surface area (Å²) in [6, 6.07) is 5.64. The van der Waals surface area contributed by atoms with Gasteiger partial charge < -0.3 is 9.72 Å². The highest BCUT2D eigenvalue weighted by atomic mass is 35.5. The van der Waals surface area contributed by atoms with Crippen LogP contribution in [0, 0.1) is 0 Å². The number of aromatic nitrogens is 2. The van der Waals surface area contributed by atoms with Crippen molar-refractivity contribution in [1.29, 1.82) is 0 Å². The van der Waals surface area contributed by atoms with E-state index in [9.17, 15) is 4.79 Å². The minimum atomic E-state index is -0.189. The zero-order valence-corrected chi connectivity index (χ0v) is 9.61. The van der Waals surface area contributed by atoms with E-state index in [1.54, 1.807) is 0 Å². The molecule has 5 heteroatoms. The van der Waals surface area contributed by atoms with Crippen molar-refractivity contribution in [2.24, 2.45) is 0 Å². The number of nitrogens with zero attached hydrogens (tertiary/aromatic N) is 2. The first-order valence-corrected chi connectivity index (χ1v) is 5.53. The number of fused-ring (bicyclic) bond motifs is 1. The molecule has 0 unspecified atom stereocenters. The van der Waals surface area contributed by atoms with Crippen LogP contribution in [0.2, 0.25) is 0 Å². The van der Waals surface area contributed by atoms with Crippen molar-refractivity contribution < 1.29 is 4.79 Å². The van der Waals surface area contributed by atoms with Gasteiger partial charge in [0.25, 0.3) is 0 Å². The lowest BCUT2D eigenvalue weighted by Gasteiger charge is -2.09. The third kappa shape index (κ3) is 2.17. The summed E-state index contributed by atoms with van der Waals surface area (Å²) < 4.78 is 1.92. The second kappa shape index (κ2) is 4.53. The van der Waals surface area contributed by atoms with Gasteiger partial charge in [0.15, 0.2) is 0 Å². The molecule has 16 heavy (non-hydrogen) atoms. The third-order valence-corrected chi connectivity index (χ3v) is 2.57. The fourth-order valence-electron chi connectivity index (χ4n) is 1.52. The van der Waals surface area contributed by atoms with Gasteiger partial charge in [-0.15, -0.1) is 11.6 Å². The maximum absolute atomic E-state index is 11.1. The van der Waals surface area contributed by atoms with E-state index >= 15 is 0 Å². The number of carbonyl (C=O) groups is 1. The Morgan fingerprint density at radius 3 is 3.12 bits per heavy atom. The van der Waals surface area contributed by atoms with Crippen LogP contribution < -0.4 is 5.32 Å². The van der Waals surface area contributed by atoms with Crippen molar-refractivity contribution in [2.75, 3.05) is 5.88 Å². The summed E-state index contributed by atoms with van der Waals surface area (Å²) in [5, 5.41) is 2.76. The van der Waals surface area contributed by atoms with Gasteiger partial charge in [0.05, 0.1) is 11.7 Å². The minimum absolute atomic E-state index is 0.0300. The van der Waals surface area contributed by atoms with Crippen LogP contribution in [0.15, 0.2) is 30.6 Å². The topological polar surface area (TPSA) is 46.4 Å². The molecule has 0 aromatic carbocycles. The van der Waals surface area contributed by atoms with E-state index in [1.807, 2.05) is 41.9 Å². The number of amides is 1. The van der Waals surface area contributed by atoms with Crippen molar-refractivity contribution in [3.05, 3.63) is 36.3 Å². The van der Waals surface area contributed by atoms with Crippen LogP contribution in [0.3, 0.4) is 0 Å². The molecular weight excluding hydrogens is 226 g/mol. The highest BCUT2D eigenvalue weighted by Gasteiger charge is 2.11. The van der Waals surface area contributed by atoms with Gasteiger partial charge in [0.1, 0.15) is 11.5 Å². The monoisotopic (exact) mass is 237 g/mol. The molecule has 0 radical (unpaired) electrons. The first-order valence-electron chi connectivity index (χ1n) is 4.99. The van der Waals surface area contributed by atoms with Crippen molar-refractivity contribution in [1.82, 2.24) is 14.7 Å². The molecule has 0 aliphatic heterocycles. The number of pyridine rings is 1. The number of hydrogen-bond acceptors (Lipinski definition) is 2. The number of hydrogen-bond donors (Lipinski definition) is 1. The molecule has 0 fully saturated rings. The van der Waals surface area contributed by atoms with E-state index < -0.39 is 0 Å². The standard InChI is InChI=1S/C11H12ClN3O/c1-8(13-11(16)6-12)9-7-15-5-3-2-4-10(15)14-9/h2-5,7-8H,6H2,1H3,(H,13,16)/t8-/m0/s1. The van der Waals surface area contributed by atoms with Crippen LogP contribution in [0.5, 0.6) is 0 Å². The van der Waals surface area contributed by atoms with Gasteiger partial charge in [0.2, 0.25) is 5.91 Å². The highest BCUT2D eigenvalue weighted by Crippen LogP contribution is 2.12. The van der Waals surface area contributed by atoms with Crippen LogP contribution in [-0.4, -0.2) is 21.2 Å². The first-order chi connectivity index (χ1) is 7.70. The van der Waals surface area contributed by atoms with Crippen molar-refractivity contribution in [2.45, 2.75) is 13.0 Å². The molecule has 0 aliphatic rings. The van der Waals surface area contributed by atoms with Gasteiger partial charge in [-0.3, -0.25) is 4.79 Å². The predicted octanol–water partition coefficient (Wildman–Crippen LogP) is 1.75. The first kappa shape index (κ1) is 11.0. The zero-order chi connectivity index (χ0) is 11.5. The number of alkyl halides is 1. The van der Waals surface area contributed by atoms with Gasteiger partial charge >= 0.3 is 0 Å². The Labute approximate surface area is 98.2 Å². The molecule has 1 atom stereocenters. The molecule has 1 N–H and O–H groups in total. The van der Waals surface area contributed by atoms with E-state index in [0.717, 1.165) is 11.3 Å². The predicted molar refractivity (Wildman–Crippen MR) is 62.5 cm³/mol. The second-order valence-electron chi connectivity index (χ2n) is 3.55. The van der Waals surface area contributed by atoms with E-state index in [4.69, 9.17) is 11.6 Å². The SMILES string of the molecule is C[C@H](NC(=O)CCl)c1cn2ccccc2n1. The fourth-order valence-corrected chi connectivity index (χ4v) is 1.59. The van der Waals surface area contributed by atoms with Gasteiger partial charge in [-0.05, 0) is 19.1 Å². The lowest BCUT2D eigenvalue weighted by atomic mass is 10.2. The normalized spacial score (nSPS) is 12.6. The molecule has 0 saturated carbocycles. The quantitative estimate of drug-likeness (QED) is 0.827. The van der Waals surface area contributed by atoms with Crippen molar-refractivity contribution >= 4 is 23.2 Å². The largest absolute Gasteiger partial charge is 0.347 e. The average Bonchev–Trinajstić information content (AvgIpc) is 2.72. The molecule has 2 rings (SSSR count). The fraction of sp³-hybridized carbons (Fsp3) is 0.273. The Morgan fingerprint density at radius 2 is 2.44 bits per heavy atom. The van der Waals surface area contributed by atoms with Gasteiger partial charge in [-0.25, -0.2) is 4.98 Å². The number of carbonyl (C=O) groups excluding carboxylic acids is 1. The molecule has 1 amide bonds. The average molecular weight is 238 g/mol. The van der Waals surface area contributed by atoms with E-state index in [0.29, 0.717) is 0 Å². The Morgan fingerprint density at radius 1 is 1.62 bits per heavy atom. The second-order valence-corrected chi connectivity index (χ2v) is 3.82. The van der Waals surface area contributed by atoms with Crippen LogP contribution in [0.1, 0.15) is 18.7 Å². The lowest BCUT2D eigenvalue weighted by molar-refractivity contribution is -0.119. The smallest absolute Gasteiger partial charge is 0.235 e. The van der Waals surface area contributed by atoms with Gasteiger partial charge in [-0.2, -0.15) is 0 Å². The highest BCUT2D eigenvalue weighted by molar-refractivity contribution is 6.27. The molecule has 2 heterocycles. The van der Waals surface area contributed by atoms with Crippen LogP contribution in [0.25, 0.3) is 5.65 Å². The summed E-state index contributed by atoms with van der Waals surface area (Å²) in [6.07, 6.45) is 3.82. The summed E-state index contributed by atoms with van der Waals surface area (Å²) >= 11 is 5.42. The van der Waals surface area contributed by atoms with Crippen molar-refractivity contribution in [3.63, 3.8) is 0 Å². The Kier molecular flexibility index (Phi) is 3.10. The van der Waals surface area contributed by atoms with E-state index in [2.05, 4.69) is 10.3 Å². The molecule has 2 aromatic rings. The Bertz CT molecular complexity index is 476. The number of nitrogens with one attached hydrogen (secondary N) is 1. The molecule has 0 saturated heterocycles. The number of imidazole rings is 1. The van der Waals surface area contributed by atoms with Gasteiger partial charge in [0, 0.05) is 12.4 Å². The maximum Gasteiger partial charge on any atom is 0.235 e. The zero-order valence-electron chi connectivity index (χ0n) is 8.85. The molecule has 84 valence electrons. The lowest BCUT2D eigenvalue weighted by Crippen LogP contribution is -2.27. The Hall–Kier alpha value is -1.55. The molecule has 4 nitrogen and oxygen atoms in total.